The van der Waals surface area contributed by atoms with Crippen LogP contribution in [0.1, 0.15) is 79.4 Å². The number of halogens is 1. The summed E-state index contributed by atoms with van der Waals surface area (Å²) in [5.74, 6) is -0.0922. The van der Waals surface area contributed by atoms with Crippen LogP contribution in [0.3, 0.4) is 0 Å². The smallest absolute Gasteiger partial charge is 0.293 e. The first-order valence-corrected chi connectivity index (χ1v) is 23.6. The maximum absolute atomic E-state index is 14.0. The number of pyridine rings is 1. The van der Waals surface area contributed by atoms with Crippen molar-refractivity contribution in [2.24, 2.45) is 11.3 Å². The molecule has 0 bridgehead atoms. The Kier molecular flexibility index (Phi) is 11.8. The zero-order valence-electron chi connectivity index (χ0n) is 35.1. The number of carbonyl (C=O) groups excluding carboxylic acids is 2. The van der Waals surface area contributed by atoms with Crippen molar-refractivity contribution in [3.05, 3.63) is 111 Å². The number of H-pyrrole nitrogens is 1. The third kappa shape index (κ3) is 8.93. The Bertz CT molecular complexity index is 2670. The summed E-state index contributed by atoms with van der Waals surface area (Å²) in [6.45, 7) is 6.64. The number of piperidine rings is 1. The Morgan fingerprint density at radius 1 is 1.00 bits per heavy atom. The second-order valence-electron chi connectivity index (χ2n) is 17.5. The minimum absolute atomic E-state index is 0.0416. The normalized spacial score (nSPS) is 19.2. The molecule has 2 amide bonds. The number of piperazine rings is 1. The van der Waals surface area contributed by atoms with Crippen LogP contribution >= 0.6 is 11.6 Å². The number of rotatable bonds is 11. The van der Waals surface area contributed by atoms with Gasteiger partial charge in [0.05, 0.1) is 21.6 Å². The van der Waals surface area contributed by atoms with Gasteiger partial charge in [0.2, 0.25) is 5.91 Å². The van der Waals surface area contributed by atoms with E-state index in [4.69, 9.17) is 16.3 Å². The summed E-state index contributed by atoms with van der Waals surface area (Å²) in [6.07, 6.45) is 11.4. The molecule has 17 heteroatoms. The molecule has 330 valence electrons. The second-order valence-corrected chi connectivity index (χ2v) is 19.6. The first-order valence-electron chi connectivity index (χ1n) is 21.7. The number of nitrogens with one attached hydrogen (secondary N) is 3. The monoisotopic (exact) mass is 894 g/mol. The molecular weight excluding hydrogens is 844 g/mol. The first-order chi connectivity index (χ1) is 30.3. The highest BCUT2D eigenvalue weighted by Gasteiger charge is 2.46. The van der Waals surface area contributed by atoms with Gasteiger partial charge < -0.3 is 24.8 Å². The highest BCUT2D eigenvalue weighted by atomic mass is 35.5. The van der Waals surface area contributed by atoms with Crippen LogP contribution in [-0.2, 0) is 21.2 Å². The number of aromatic nitrogens is 2. The number of carbonyl (C=O) groups is 2. The van der Waals surface area contributed by atoms with E-state index in [0.717, 1.165) is 113 Å². The Labute approximate surface area is 371 Å². The summed E-state index contributed by atoms with van der Waals surface area (Å²) >= 11 is 6.65. The number of fused-ring (bicyclic) bond motifs is 2. The number of amides is 2. The Morgan fingerprint density at radius 2 is 1.79 bits per heavy atom. The molecule has 0 unspecified atom stereocenters. The number of benzene rings is 3. The summed E-state index contributed by atoms with van der Waals surface area (Å²) < 4.78 is 36.0. The molecule has 1 atom stereocenters. The van der Waals surface area contributed by atoms with Gasteiger partial charge in [0.1, 0.15) is 22.8 Å². The van der Waals surface area contributed by atoms with Crippen molar-refractivity contribution in [3.63, 3.8) is 0 Å². The lowest BCUT2D eigenvalue weighted by Crippen LogP contribution is -2.49. The fraction of sp³-hybridized carbons (Fsp3) is 0.413. The molecule has 1 spiro atoms. The molecule has 2 aromatic heterocycles. The molecule has 4 heterocycles. The second kappa shape index (κ2) is 17.5. The highest BCUT2D eigenvalue weighted by molar-refractivity contribution is 7.90. The average molecular weight is 895 g/mol. The number of hydrogen-bond donors (Lipinski definition) is 3. The van der Waals surface area contributed by atoms with E-state index >= 15 is 0 Å². The van der Waals surface area contributed by atoms with Crippen molar-refractivity contribution >= 4 is 61.5 Å². The van der Waals surface area contributed by atoms with E-state index in [2.05, 4.69) is 35.9 Å². The van der Waals surface area contributed by atoms with Crippen LogP contribution in [0.15, 0.2) is 84.0 Å². The van der Waals surface area contributed by atoms with E-state index in [1.807, 2.05) is 23.1 Å². The van der Waals surface area contributed by atoms with Gasteiger partial charge in [-0.3, -0.25) is 24.6 Å². The predicted octanol–water partition coefficient (Wildman–Crippen LogP) is 8.08. The van der Waals surface area contributed by atoms with Gasteiger partial charge in [0.15, 0.2) is 0 Å². The van der Waals surface area contributed by atoms with E-state index in [0.29, 0.717) is 23.9 Å². The highest BCUT2D eigenvalue weighted by Crippen LogP contribution is 2.52. The van der Waals surface area contributed by atoms with Crippen LogP contribution in [0.2, 0.25) is 5.02 Å². The van der Waals surface area contributed by atoms with Crippen LogP contribution in [-0.4, -0.2) is 90.7 Å². The summed E-state index contributed by atoms with van der Waals surface area (Å²) in [4.78, 5) is 51.0. The number of sulfonamides is 1. The summed E-state index contributed by atoms with van der Waals surface area (Å²) in [5, 5.41) is 17.0. The van der Waals surface area contributed by atoms with Gasteiger partial charge in [0, 0.05) is 93.2 Å². The first kappa shape index (κ1) is 42.6. The molecular formula is C46H51ClN8O7S. The minimum atomic E-state index is -4.58. The molecule has 5 aromatic rings. The van der Waals surface area contributed by atoms with Crippen LogP contribution in [0.4, 0.5) is 17.1 Å². The standard InChI is InChI=1S/C46H51ClN8O7S/c1-30(56)52-17-14-46(15-18-52)26-31(27-46)28-49-40-12-10-35(25-42(40)55(58)59)63(60,61)51-45(57)38-11-9-33(24-43(38)62-34-23-32-13-16-48-44(32)50-29-34)53-19-21-54(22-20-53)41-8-3-2-5-36-37(41)6-4-7-39(36)47/h4,6-7,9-13,16,23-25,29,31,41,49H,2-3,5,8,14-15,17-22,26-28H2,1H3,(H,48,50)(H,51,57)/t41-/m1/s1. The zero-order valence-corrected chi connectivity index (χ0v) is 36.7. The molecule has 2 aliphatic heterocycles. The van der Waals surface area contributed by atoms with Crippen molar-refractivity contribution in [3.8, 4) is 11.5 Å². The van der Waals surface area contributed by atoms with Crippen LogP contribution in [0.25, 0.3) is 11.0 Å². The van der Waals surface area contributed by atoms with E-state index in [-0.39, 0.29) is 34.4 Å². The molecule has 4 aliphatic rings. The molecule has 15 nitrogen and oxygen atoms in total. The fourth-order valence-electron chi connectivity index (χ4n) is 10.2. The van der Waals surface area contributed by atoms with Crippen molar-refractivity contribution < 1.29 is 27.7 Å². The molecule has 2 aliphatic carbocycles. The largest absolute Gasteiger partial charge is 0.455 e. The minimum Gasteiger partial charge on any atom is -0.455 e. The number of nitro groups is 1. The number of aromatic amines is 1. The summed E-state index contributed by atoms with van der Waals surface area (Å²) in [7, 11) is -4.58. The number of nitro benzene ring substituents is 1. The van der Waals surface area contributed by atoms with Crippen LogP contribution in [0, 0.1) is 21.4 Å². The third-order valence-corrected chi connectivity index (χ3v) is 15.3. The summed E-state index contributed by atoms with van der Waals surface area (Å²) in [5.41, 5.74) is 3.96. The molecule has 3 fully saturated rings. The van der Waals surface area contributed by atoms with Crippen molar-refractivity contribution in [1.29, 1.82) is 0 Å². The van der Waals surface area contributed by atoms with Gasteiger partial charge in [-0.25, -0.2) is 18.1 Å². The molecule has 0 radical (unpaired) electrons. The SMILES string of the molecule is CC(=O)N1CCC2(CC1)CC(CNc1ccc(S(=O)(=O)NC(=O)c3ccc(N4CCN([C@@H]5CCCCc6c(Cl)cccc65)CC4)cc3Oc3cnc4[nH]ccc4c3)cc1[N+](=O)[O-])C2. The zero-order chi connectivity index (χ0) is 43.9. The van der Waals surface area contributed by atoms with E-state index < -0.39 is 31.4 Å². The van der Waals surface area contributed by atoms with Gasteiger partial charge >= 0.3 is 0 Å². The van der Waals surface area contributed by atoms with Crippen molar-refractivity contribution in [1.82, 2.24) is 24.5 Å². The van der Waals surface area contributed by atoms with Gasteiger partial charge in [-0.15, -0.1) is 0 Å². The van der Waals surface area contributed by atoms with Crippen LogP contribution < -0.4 is 19.7 Å². The van der Waals surface area contributed by atoms with Gasteiger partial charge in [-0.1, -0.05) is 30.2 Å². The lowest BCUT2D eigenvalue weighted by Gasteiger charge is -2.52. The maximum Gasteiger partial charge on any atom is 0.293 e. The molecule has 63 heavy (non-hydrogen) atoms. The topological polar surface area (TPSA) is 183 Å². The number of ether oxygens (including phenoxy) is 1. The predicted molar refractivity (Wildman–Crippen MR) is 241 cm³/mol. The van der Waals surface area contributed by atoms with E-state index in [1.165, 1.54) is 29.5 Å². The van der Waals surface area contributed by atoms with Gasteiger partial charge in [0.25, 0.3) is 21.6 Å². The van der Waals surface area contributed by atoms with E-state index in [9.17, 15) is 28.1 Å². The number of likely N-dealkylation sites (tertiary alicyclic amines) is 1. The van der Waals surface area contributed by atoms with Crippen molar-refractivity contribution in [2.45, 2.75) is 69.2 Å². The Hall–Kier alpha value is -5.71. The van der Waals surface area contributed by atoms with Gasteiger partial charge in [-0.05, 0) is 110 Å². The third-order valence-electron chi connectivity index (χ3n) is 13.6. The Morgan fingerprint density at radius 3 is 2.56 bits per heavy atom. The summed E-state index contributed by atoms with van der Waals surface area (Å²) in [6, 6.07) is 18.8. The van der Waals surface area contributed by atoms with Crippen LogP contribution in [0.5, 0.6) is 11.5 Å². The number of hydrogen-bond acceptors (Lipinski definition) is 11. The van der Waals surface area contributed by atoms with E-state index in [1.54, 1.807) is 37.4 Å². The number of anilines is 2. The lowest BCUT2D eigenvalue weighted by molar-refractivity contribution is -0.384. The molecule has 2 saturated heterocycles. The van der Waals surface area contributed by atoms with Crippen molar-refractivity contribution in [2.75, 3.05) is 56.0 Å². The molecule has 3 N–H and O–H groups in total. The molecule has 3 aromatic carbocycles. The number of nitrogens with zero attached hydrogens (tertiary/aromatic N) is 5. The lowest BCUT2D eigenvalue weighted by atomic mass is 9.57. The Balaban J connectivity index is 0.901. The molecule has 9 rings (SSSR count). The maximum atomic E-state index is 14.0. The quantitative estimate of drug-likeness (QED) is 0.0662. The fourth-order valence-corrected chi connectivity index (χ4v) is 11.4. The molecule has 1 saturated carbocycles. The average Bonchev–Trinajstić information content (AvgIpc) is 3.62. The van der Waals surface area contributed by atoms with Gasteiger partial charge in [-0.2, -0.15) is 0 Å².